The van der Waals surface area contributed by atoms with E-state index in [1.807, 2.05) is 6.07 Å². The van der Waals surface area contributed by atoms with E-state index in [-0.39, 0.29) is 5.41 Å². The molecule has 2 fully saturated rings. The van der Waals surface area contributed by atoms with Crippen molar-refractivity contribution in [3.05, 3.63) is 30.2 Å². The molecule has 0 radical (unpaired) electrons. The third-order valence-electron chi connectivity index (χ3n) is 4.58. The highest BCUT2D eigenvalue weighted by Gasteiger charge is 2.51. The van der Waals surface area contributed by atoms with Gasteiger partial charge in [0, 0.05) is 11.5 Å². The molecule has 4 rings (SSSR count). The van der Waals surface area contributed by atoms with Gasteiger partial charge in [-0.2, -0.15) is 0 Å². The Kier molecular flexibility index (Phi) is 2.08. The maximum Gasteiger partial charge on any atom is 0.181 e. The third kappa shape index (κ3) is 1.30. The van der Waals surface area contributed by atoms with Crippen LogP contribution in [0.25, 0.3) is 11.1 Å². The fraction of sp³-hybridized carbons (Fsp3) is 0.500. The quantitative estimate of drug-likeness (QED) is 0.875. The second-order valence-electron chi connectivity index (χ2n) is 5.61. The molecule has 0 unspecified atom stereocenters. The van der Waals surface area contributed by atoms with Crippen molar-refractivity contribution in [1.82, 2.24) is 4.98 Å². The lowest BCUT2D eigenvalue weighted by molar-refractivity contribution is -0.111. The SMILES string of the molecule is NC1CC(C2(c3ccc4ncoc4c3)COC2)C1. The van der Waals surface area contributed by atoms with Crippen molar-refractivity contribution in [1.29, 1.82) is 0 Å². The Balaban J connectivity index is 1.74. The number of rotatable bonds is 2. The summed E-state index contributed by atoms with van der Waals surface area (Å²) in [4.78, 5) is 4.16. The molecular formula is C14H16N2O2. The monoisotopic (exact) mass is 244 g/mol. The van der Waals surface area contributed by atoms with E-state index in [9.17, 15) is 0 Å². The number of hydrogen-bond donors (Lipinski definition) is 1. The molecule has 4 heteroatoms. The molecular weight excluding hydrogens is 228 g/mol. The zero-order chi connectivity index (χ0) is 12.2. The number of aromatic nitrogens is 1. The summed E-state index contributed by atoms with van der Waals surface area (Å²) in [5.74, 6) is 0.654. The topological polar surface area (TPSA) is 61.3 Å². The zero-order valence-electron chi connectivity index (χ0n) is 10.1. The van der Waals surface area contributed by atoms with Gasteiger partial charge < -0.3 is 14.9 Å². The van der Waals surface area contributed by atoms with E-state index < -0.39 is 0 Å². The number of ether oxygens (including phenoxy) is 1. The lowest BCUT2D eigenvalue weighted by Crippen LogP contribution is -2.58. The van der Waals surface area contributed by atoms with Crippen molar-refractivity contribution in [3.63, 3.8) is 0 Å². The second-order valence-corrected chi connectivity index (χ2v) is 5.61. The summed E-state index contributed by atoms with van der Waals surface area (Å²) < 4.78 is 10.9. The molecule has 4 nitrogen and oxygen atoms in total. The van der Waals surface area contributed by atoms with E-state index in [1.165, 1.54) is 12.0 Å². The first kappa shape index (κ1) is 10.5. The van der Waals surface area contributed by atoms with E-state index in [2.05, 4.69) is 17.1 Å². The van der Waals surface area contributed by atoms with Gasteiger partial charge in [0.1, 0.15) is 5.52 Å². The molecule has 0 bridgehead atoms. The van der Waals surface area contributed by atoms with Gasteiger partial charge in [-0.1, -0.05) is 6.07 Å². The predicted molar refractivity (Wildman–Crippen MR) is 67.2 cm³/mol. The fourth-order valence-corrected chi connectivity index (χ4v) is 3.24. The van der Waals surface area contributed by atoms with E-state index in [4.69, 9.17) is 14.9 Å². The highest BCUT2D eigenvalue weighted by atomic mass is 16.5. The van der Waals surface area contributed by atoms with Crippen molar-refractivity contribution < 1.29 is 9.15 Å². The van der Waals surface area contributed by atoms with Crippen LogP contribution in [0.15, 0.2) is 29.0 Å². The van der Waals surface area contributed by atoms with Gasteiger partial charge >= 0.3 is 0 Å². The summed E-state index contributed by atoms with van der Waals surface area (Å²) >= 11 is 0. The van der Waals surface area contributed by atoms with Gasteiger partial charge in [-0.3, -0.25) is 0 Å². The number of nitrogens with two attached hydrogens (primary N) is 1. The summed E-state index contributed by atoms with van der Waals surface area (Å²) in [7, 11) is 0. The standard InChI is InChI=1S/C14H16N2O2/c15-11-3-10(4-11)14(6-17-7-14)9-1-2-12-13(5-9)18-8-16-12/h1-2,5,8,10-11H,3-4,6-7,15H2. The molecule has 94 valence electrons. The summed E-state index contributed by atoms with van der Waals surface area (Å²) in [6, 6.07) is 6.69. The molecule has 1 saturated carbocycles. The first-order chi connectivity index (χ1) is 8.78. The fourth-order valence-electron chi connectivity index (χ4n) is 3.24. The van der Waals surface area contributed by atoms with Crippen LogP contribution in [-0.4, -0.2) is 24.2 Å². The summed E-state index contributed by atoms with van der Waals surface area (Å²) in [6.45, 7) is 1.62. The average molecular weight is 244 g/mol. The summed E-state index contributed by atoms with van der Waals surface area (Å²) in [5.41, 5.74) is 9.18. The summed E-state index contributed by atoms with van der Waals surface area (Å²) in [5, 5.41) is 0. The van der Waals surface area contributed by atoms with Crippen molar-refractivity contribution in [2.75, 3.05) is 13.2 Å². The molecule has 2 aromatic rings. The van der Waals surface area contributed by atoms with Gasteiger partial charge in [0.15, 0.2) is 12.0 Å². The smallest absolute Gasteiger partial charge is 0.181 e. The Morgan fingerprint density at radius 2 is 2.11 bits per heavy atom. The van der Waals surface area contributed by atoms with Crippen LogP contribution in [0, 0.1) is 5.92 Å². The molecule has 2 aliphatic rings. The van der Waals surface area contributed by atoms with E-state index >= 15 is 0 Å². The van der Waals surface area contributed by atoms with Gasteiger partial charge in [-0.25, -0.2) is 4.98 Å². The van der Waals surface area contributed by atoms with Crippen molar-refractivity contribution >= 4 is 11.1 Å². The lowest BCUT2D eigenvalue weighted by Gasteiger charge is -2.53. The minimum atomic E-state index is 0.164. The molecule has 2 N–H and O–H groups in total. The number of benzene rings is 1. The molecule has 1 saturated heterocycles. The largest absolute Gasteiger partial charge is 0.443 e. The van der Waals surface area contributed by atoms with Gasteiger partial charge in [0.25, 0.3) is 0 Å². The third-order valence-corrected chi connectivity index (χ3v) is 4.58. The van der Waals surface area contributed by atoms with Crippen LogP contribution in [0.3, 0.4) is 0 Å². The van der Waals surface area contributed by atoms with Crippen LogP contribution in [0.5, 0.6) is 0 Å². The van der Waals surface area contributed by atoms with Crippen LogP contribution in [0.2, 0.25) is 0 Å². The average Bonchev–Trinajstić information content (AvgIpc) is 2.72. The molecule has 0 atom stereocenters. The van der Waals surface area contributed by atoms with Crippen LogP contribution >= 0.6 is 0 Å². The van der Waals surface area contributed by atoms with Crippen molar-refractivity contribution in [2.45, 2.75) is 24.3 Å². The maximum atomic E-state index is 5.93. The highest BCUT2D eigenvalue weighted by Crippen LogP contribution is 2.48. The molecule has 1 aromatic heterocycles. The van der Waals surface area contributed by atoms with Gasteiger partial charge in [0.05, 0.1) is 13.2 Å². The van der Waals surface area contributed by atoms with Crippen molar-refractivity contribution in [2.24, 2.45) is 11.7 Å². The Hall–Kier alpha value is -1.39. The van der Waals surface area contributed by atoms with Crippen LogP contribution < -0.4 is 5.73 Å². The minimum Gasteiger partial charge on any atom is -0.443 e. The molecule has 1 aromatic carbocycles. The normalized spacial score (nSPS) is 29.8. The van der Waals surface area contributed by atoms with E-state index in [1.54, 1.807) is 0 Å². The van der Waals surface area contributed by atoms with Crippen LogP contribution in [0.4, 0.5) is 0 Å². The van der Waals surface area contributed by atoms with Gasteiger partial charge in [0.2, 0.25) is 0 Å². The highest BCUT2D eigenvalue weighted by molar-refractivity contribution is 5.73. The Morgan fingerprint density at radius 1 is 1.28 bits per heavy atom. The number of oxazole rings is 1. The van der Waals surface area contributed by atoms with Crippen LogP contribution in [0.1, 0.15) is 18.4 Å². The molecule has 0 amide bonds. The molecule has 1 aliphatic carbocycles. The molecule has 0 spiro atoms. The zero-order valence-corrected chi connectivity index (χ0v) is 10.1. The lowest BCUT2D eigenvalue weighted by atomic mass is 9.59. The maximum absolute atomic E-state index is 5.93. The van der Waals surface area contributed by atoms with E-state index in [0.29, 0.717) is 12.0 Å². The van der Waals surface area contributed by atoms with Gasteiger partial charge in [-0.15, -0.1) is 0 Å². The summed E-state index contributed by atoms with van der Waals surface area (Å²) in [6.07, 6.45) is 3.72. The molecule has 1 aliphatic heterocycles. The molecule has 18 heavy (non-hydrogen) atoms. The van der Waals surface area contributed by atoms with Crippen LogP contribution in [-0.2, 0) is 10.2 Å². The van der Waals surface area contributed by atoms with E-state index in [0.717, 1.165) is 37.2 Å². The minimum absolute atomic E-state index is 0.164. The second kappa shape index (κ2) is 3.56. The van der Waals surface area contributed by atoms with Gasteiger partial charge in [-0.05, 0) is 36.5 Å². The first-order valence-electron chi connectivity index (χ1n) is 6.45. The van der Waals surface area contributed by atoms with Crippen molar-refractivity contribution in [3.8, 4) is 0 Å². The number of nitrogens with zero attached hydrogens (tertiary/aromatic N) is 1. The Morgan fingerprint density at radius 3 is 2.78 bits per heavy atom. The Bertz CT molecular complexity index is 582. The predicted octanol–water partition coefficient (Wildman–Crippen LogP) is 1.83. The number of hydrogen-bond acceptors (Lipinski definition) is 4. The molecule has 2 heterocycles. The Labute approximate surface area is 105 Å². The number of fused-ring (bicyclic) bond motifs is 1. The first-order valence-corrected chi connectivity index (χ1v) is 6.45.